The van der Waals surface area contributed by atoms with Crippen molar-refractivity contribution in [3.05, 3.63) is 45.4 Å². The molecule has 0 fully saturated rings. The van der Waals surface area contributed by atoms with Gasteiger partial charge in [0.15, 0.2) is 0 Å². The number of aromatic nitrogens is 1. The fourth-order valence-corrected chi connectivity index (χ4v) is 2.64. The molecule has 2 rings (SSSR count). The fraction of sp³-hybridized carbons (Fsp3) is 0.308. The smallest absolute Gasteiger partial charge is 0.138 e. The second-order valence-corrected chi connectivity index (χ2v) is 5.91. The van der Waals surface area contributed by atoms with Crippen LogP contribution in [0.4, 0.5) is 0 Å². The van der Waals surface area contributed by atoms with Gasteiger partial charge in [-0.15, -0.1) is 11.3 Å². The van der Waals surface area contributed by atoms with Crippen molar-refractivity contribution in [2.45, 2.75) is 26.1 Å². The topological polar surface area (TPSA) is 42.4 Å². The largest absolute Gasteiger partial charge is 0.489 e. The van der Waals surface area contributed by atoms with Crippen LogP contribution in [-0.2, 0) is 0 Å². The zero-order valence-electron chi connectivity index (χ0n) is 10.1. The van der Waals surface area contributed by atoms with Gasteiger partial charge in [0, 0.05) is 16.6 Å². The first-order valence-corrected chi connectivity index (χ1v) is 6.80. The lowest BCUT2D eigenvalue weighted by molar-refractivity contribution is 0.219. The molecule has 2 aromatic heterocycles. The van der Waals surface area contributed by atoms with E-state index >= 15 is 0 Å². The van der Waals surface area contributed by atoms with Crippen LogP contribution in [0, 0.1) is 0 Å². The molecule has 1 atom stereocenters. The molecular weight excluding hydrogens is 270 g/mol. The van der Waals surface area contributed by atoms with Crippen LogP contribution in [0.15, 0.2) is 30.6 Å². The highest BCUT2D eigenvalue weighted by Gasteiger charge is 2.14. The van der Waals surface area contributed by atoms with Gasteiger partial charge < -0.3 is 9.84 Å². The summed E-state index contributed by atoms with van der Waals surface area (Å²) in [5, 5.41) is 10.2. The molecule has 18 heavy (non-hydrogen) atoms. The Morgan fingerprint density at radius 1 is 1.33 bits per heavy atom. The number of hydrogen-bond acceptors (Lipinski definition) is 4. The number of halogens is 1. The Bertz CT molecular complexity index is 527. The van der Waals surface area contributed by atoms with E-state index in [-0.39, 0.29) is 6.10 Å². The van der Waals surface area contributed by atoms with Crippen molar-refractivity contribution in [1.82, 2.24) is 4.98 Å². The van der Waals surface area contributed by atoms with E-state index < -0.39 is 6.10 Å². The standard InChI is InChI=1S/C13H14ClNO2S/c1-8(2)17-10-5-9(6-15-7-10)13(16)11-3-4-12(14)18-11/h3-8,13,16H,1-2H3. The average molecular weight is 284 g/mol. The van der Waals surface area contributed by atoms with Gasteiger partial charge in [0.05, 0.1) is 16.6 Å². The Morgan fingerprint density at radius 2 is 2.11 bits per heavy atom. The molecule has 0 saturated carbocycles. The maximum absolute atomic E-state index is 10.2. The molecule has 1 unspecified atom stereocenters. The van der Waals surface area contributed by atoms with Gasteiger partial charge in [-0.3, -0.25) is 4.98 Å². The Morgan fingerprint density at radius 3 is 2.72 bits per heavy atom. The van der Waals surface area contributed by atoms with E-state index in [1.54, 1.807) is 24.5 Å². The zero-order chi connectivity index (χ0) is 13.1. The second kappa shape index (κ2) is 5.69. The van der Waals surface area contributed by atoms with Crippen molar-refractivity contribution in [2.24, 2.45) is 0 Å². The molecular formula is C13H14ClNO2S. The molecule has 0 bridgehead atoms. The minimum Gasteiger partial charge on any atom is -0.489 e. The number of thiophene rings is 1. The van der Waals surface area contributed by atoms with Crippen LogP contribution in [0.2, 0.25) is 4.34 Å². The third-order valence-corrected chi connectivity index (χ3v) is 3.57. The quantitative estimate of drug-likeness (QED) is 0.931. The number of pyridine rings is 1. The molecule has 0 amide bonds. The molecule has 0 aromatic carbocycles. The SMILES string of the molecule is CC(C)Oc1cncc(C(O)c2ccc(Cl)s2)c1. The van der Waals surface area contributed by atoms with Gasteiger partial charge in [-0.05, 0) is 32.0 Å². The highest BCUT2D eigenvalue weighted by atomic mass is 35.5. The normalized spacial score (nSPS) is 12.7. The van der Waals surface area contributed by atoms with Crippen molar-refractivity contribution < 1.29 is 9.84 Å². The van der Waals surface area contributed by atoms with Gasteiger partial charge in [0.25, 0.3) is 0 Å². The maximum Gasteiger partial charge on any atom is 0.138 e. The molecule has 0 aliphatic rings. The number of nitrogens with zero attached hydrogens (tertiary/aromatic N) is 1. The summed E-state index contributed by atoms with van der Waals surface area (Å²) in [5.74, 6) is 0.657. The third-order valence-electron chi connectivity index (χ3n) is 2.29. The molecule has 96 valence electrons. The average Bonchev–Trinajstić information content (AvgIpc) is 2.74. The van der Waals surface area contributed by atoms with E-state index in [0.29, 0.717) is 15.6 Å². The molecule has 0 aliphatic heterocycles. The summed E-state index contributed by atoms with van der Waals surface area (Å²) in [7, 11) is 0. The van der Waals surface area contributed by atoms with Gasteiger partial charge in [-0.1, -0.05) is 11.6 Å². The molecule has 0 spiro atoms. The number of ether oxygens (including phenoxy) is 1. The second-order valence-electron chi connectivity index (χ2n) is 4.16. The molecule has 2 heterocycles. The molecule has 0 saturated heterocycles. The molecule has 0 radical (unpaired) electrons. The van der Waals surface area contributed by atoms with E-state index in [4.69, 9.17) is 16.3 Å². The van der Waals surface area contributed by atoms with Crippen molar-refractivity contribution in [3.8, 4) is 5.75 Å². The summed E-state index contributed by atoms with van der Waals surface area (Å²) in [5.41, 5.74) is 0.701. The summed E-state index contributed by atoms with van der Waals surface area (Å²) in [6, 6.07) is 5.38. The predicted molar refractivity (Wildman–Crippen MR) is 73.4 cm³/mol. The first-order chi connectivity index (χ1) is 8.56. The van der Waals surface area contributed by atoms with Crippen molar-refractivity contribution in [3.63, 3.8) is 0 Å². The Labute approximate surface area is 115 Å². The summed E-state index contributed by atoms with van der Waals surface area (Å²) in [6.07, 6.45) is 2.63. The Kier molecular flexibility index (Phi) is 4.22. The van der Waals surface area contributed by atoms with Crippen molar-refractivity contribution in [2.75, 3.05) is 0 Å². The van der Waals surface area contributed by atoms with Crippen LogP contribution < -0.4 is 4.74 Å². The first-order valence-electron chi connectivity index (χ1n) is 5.61. The van der Waals surface area contributed by atoms with E-state index in [2.05, 4.69) is 4.98 Å². The lowest BCUT2D eigenvalue weighted by atomic mass is 10.1. The Balaban J connectivity index is 2.22. The highest BCUT2D eigenvalue weighted by molar-refractivity contribution is 7.16. The fourth-order valence-electron chi connectivity index (χ4n) is 1.56. The molecule has 3 nitrogen and oxygen atoms in total. The minimum atomic E-state index is -0.717. The third kappa shape index (κ3) is 3.22. The highest BCUT2D eigenvalue weighted by Crippen LogP contribution is 2.31. The van der Waals surface area contributed by atoms with Crippen molar-refractivity contribution >= 4 is 22.9 Å². The molecule has 2 aromatic rings. The summed E-state index contributed by atoms with van der Waals surface area (Å²) in [4.78, 5) is 4.87. The minimum absolute atomic E-state index is 0.0791. The zero-order valence-corrected chi connectivity index (χ0v) is 11.7. The van der Waals surface area contributed by atoms with Gasteiger partial charge in [-0.2, -0.15) is 0 Å². The maximum atomic E-state index is 10.2. The van der Waals surface area contributed by atoms with Gasteiger partial charge in [0.1, 0.15) is 11.9 Å². The summed E-state index contributed by atoms with van der Waals surface area (Å²) < 4.78 is 6.21. The monoisotopic (exact) mass is 283 g/mol. The van der Waals surface area contributed by atoms with Crippen LogP contribution in [0.5, 0.6) is 5.75 Å². The lowest BCUT2D eigenvalue weighted by Gasteiger charge is -2.12. The van der Waals surface area contributed by atoms with Crippen LogP contribution in [0.25, 0.3) is 0 Å². The number of aliphatic hydroxyl groups is 1. The first kappa shape index (κ1) is 13.3. The van der Waals surface area contributed by atoms with Crippen LogP contribution >= 0.6 is 22.9 Å². The van der Waals surface area contributed by atoms with Crippen molar-refractivity contribution in [1.29, 1.82) is 0 Å². The number of aliphatic hydroxyl groups excluding tert-OH is 1. The van der Waals surface area contributed by atoms with Gasteiger partial charge in [-0.25, -0.2) is 0 Å². The number of hydrogen-bond donors (Lipinski definition) is 1. The van der Waals surface area contributed by atoms with Gasteiger partial charge in [0.2, 0.25) is 0 Å². The lowest BCUT2D eigenvalue weighted by Crippen LogP contribution is -2.07. The molecule has 0 aliphatic carbocycles. The number of rotatable bonds is 4. The van der Waals surface area contributed by atoms with Crippen LogP contribution in [0.3, 0.4) is 0 Å². The van der Waals surface area contributed by atoms with E-state index in [0.717, 1.165) is 4.88 Å². The van der Waals surface area contributed by atoms with Gasteiger partial charge >= 0.3 is 0 Å². The van der Waals surface area contributed by atoms with Crippen LogP contribution in [0.1, 0.15) is 30.4 Å². The Hall–Kier alpha value is -1.10. The van der Waals surface area contributed by atoms with E-state index in [1.807, 2.05) is 19.9 Å². The summed E-state index contributed by atoms with van der Waals surface area (Å²) >= 11 is 7.22. The summed E-state index contributed by atoms with van der Waals surface area (Å²) in [6.45, 7) is 3.89. The molecule has 5 heteroatoms. The van der Waals surface area contributed by atoms with Crippen LogP contribution in [-0.4, -0.2) is 16.2 Å². The van der Waals surface area contributed by atoms with E-state index in [1.165, 1.54) is 11.3 Å². The van der Waals surface area contributed by atoms with E-state index in [9.17, 15) is 5.11 Å². The molecule has 1 N–H and O–H groups in total. The predicted octanol–water partition coefficient (Wildman–Crippen LogP) is 3.67.